The van der Waals surface area contributed by atoms with E-state index in [1.807, 2.05) is 0 Å². The molecule has 1 aromatic rings. The number of pyridine rings is 1. The maximum Gasteiger partial charge on any atom is 0.267 e. The highest BCUT2D eigenvalue weighted by Crippen LogP contribution is 2.20. The van der Waals surface area contributed by atoms with Crippen molar-refractivity contribution in [2.45, 2.75) is 6.92 Å². The number of aromatic hydroxyl groups is 1. The van der Waals surface area contributed by atoms with Gasteiger partial charge >= 0.3 is 0 Å². The van der Waals surface area contributed by atoms with Crippen molar-refractivity contribution in [2.75, 3.05) is 0 Å². The van der Waals surface area contributed by atoms with Crippen LogP contribution in [0.5, 0.6) is 5.75 Å². The predicted molar refractivity (Wildman–Crippen MR) is 81.9 cm³/mol. The van der Waals surface area contributed by atoms with Crippen LogP contribution in [-0.4, -0.2) is 15.6 Å². The van der Waals surface area contributed by atoms with Gasteiger partial charge in [-0.1, -0.05) is 29.1 Å². The minimum Gasteiger partial charge on any atom is -0.504 e. The monoisotopic (exact) mass is 356 g/mol. The quantitative estimate of drug-likeness (QED) is 0.812. The molecule has 0 aliphatic rings. The average Bonchev–Trinajstić information content (AvgIpc) is 2.41. The number of hydrogen-bond acceptors (Lipinski definition) is 3. The number of halogens is 2. The highest BCUT2D eigenvalue weighted by Gasteiger charge is 2.23. The summed E-state index contributed by atoms with van der Waals surface area (Å²) in [4.78, 5) is 23.9. The molecule has 1 rings (SSSR count). The third kappa shape index (κ3) is 3.69. The first kappa shape index (κ1) is 16.9. The maximum absolute atomic E-state index is 13.7. The first-order chi connectivity index (χ1) is 9.66. The fourth-order valence-corrected chi connectivity index (χ4v) is 1.63. The van der Waals surface area contributed by atoms with Crippen LogP contribution in [0.2, 0.25) is 0 Å². The molecule has 0 saturated heterocycles. The summed E-state index contributed by atoms with van der Waals surface area (Å²) in [5, 5.41) is 12.0. The van der Waals surface area contributed by atoms with Gasteiger partial charge in [0.1, 0.15) is 5.56 Å². The van der Waals surface area contributed by atoms with E-state index in [2.05, 4.69) is 34.4 Å². The molecule has 0 fully saturated rings. The van der Waals surface area contributed by atoms with E-state index in [-0.39, 0.29) is 11.4 Å². The Bertz CT molecular complexity index is 720. The number of carbonyl (C=O) groups excluding carboxylic acids is 1. The lowest BCUT2D eigenvalue weighted by atomic mass is 10.2. The summed E-state index contributed by atoms with van der Waals surface area (Å²) < 4.78 is 15.2. The van der Waals surface area contributed by atoms with Gasteiger partial charge in [0.15, 0.2) is 11.6 Å². The van der Waals surface area contributed by atoms with E-state index in [1.54, 1.807) is 0 Å². The third-order valence-electron chi connectivity index (χ3n) is 2.75. The lowest BCUT2D eigenvalue weighted by Crippen LogP contribution is -2.33. The molecule has 0 radical (unpaired) electrons. The van der Waals surface area contributed by atoms with E-state index in [0.717, 1.165) is 4.57 Å². The minimum absolute atomic E-state index is 0.0663. The Morgan fingerprint density at radius 3 is 2.52 bits per heavy atom. The van der Waals surface area contributed by atoms with Crippen LogP contribution in [0, 0.1) is 12.7 Å². The van der Waals surface area contributed by atoms with Gasteiger partial charge in [-0.25, -0.2) is 4.39 Å². The molecular formula is C14H14BrFN2O3. The number of nitrogens with one attached hydrogen (secondary N) is 1. The maximum atomic E-state index is 13.7. The van der Waals surface area contributed by atoms with E-state index in [1.165, 1.54) is 26.1 Å². The number of carbonyl (C=O) groups is 1. The molecule has 5 nitrogen and oxygen atoms in total. The standard InChI is InChI=1S/C14H14BrFN2O3/c1-7(15)5-6-8(2)17-13(20)10-12(19)11(16)9(3)18(4)14(10)21/h5-6,19H,1-2H2,3-4H3,(H,17,20)/b6-5-. The molecule has 7 heteroatoms. The molecule has 1 heterocycles. The predicted octanol–water partition coefficient (Wildman–Crippen LogP) is 2.25. The molecule has 2 N–H and O–H groups in total. The molecule has 0 spiro atoms. The van der Waals surface area contributed by atoms with Crippen molar-refractivity contribution in [3.8, 4) is 5.75 Å². The lowest BCUT2D eigenvalue weighted by molar-refractivity contribution is 0.0961. The average molecular weight is 357 g/mol. The van der Waals surface area contributed by atoms with Crippen molar-refractivity contribution in [2.24, 2.45) is 7.05 Å². The zero-order chi connectivity index (χ0) is 16.3. The topological polar surface area (TPSA) is 71.3 Å². The fraction of sp³-hybridized carbons (Fsp3) is 0.143. The van der Waals surface area contributed by atoms with Crippen molar-refractivity contribution < 1.29 is 14.3 Å². The molecule has 21 heavy (non-hydrogen) atoms. The van der Waals surface area contributed by atoms with Crippen LogP contribution in [0.15, 0.2) is 40.3 Å². The molecule has 0 unspecified atom stereocenters. The van der Waals surface area contributed by atoms with Crippen LogP contribution in [-0.2, 0) is 7.05 Å². The zero-order valence-electron chi connectivity index (χ0n) is 11.5. The summed E-state index contributed by atoms with van der Waals surface area (Å²) in [7, 11) is 1.31. The van der Waals surface area contributed by atoms with Gasteiger partial charge in [0.05, 0.1) is 5.69 Å². The normalized spacial score (nSPS) is 10.7. The van der Waals surface area contributed by atoms with Gasteiger partial charge < -0.3 is 15.0 Å². The van der Waals surface area contributed by atoms with Gasteiger partial charge in [-0.3, -0.25) is 9.59 Å². The summed E-state index contributed by atoms with van der Waals surface area (Å²) >= 11 is 3.09. The fourth-order valence-electron chi connectivity index (χ4n) is 1.50. The first-order valence-corrected chi connectivity index (χ1v) is 6.57. The minimum atomic E-state index is -1.02. The van der Waals surface area contributed by atoms with E-state index in [9.17, 15) is 19.1 Å². The second kappa shape index (κ2) is 6.53. The van der Waals surface area contributed by atoms with Gasteiger partial charge in [-0.15, -0.1) is 0 Å². The van der Waals surface area contributed by atoms with Crippen molar-refractivity contribution in [1.29, 1.82) is 0 Å². The Hall–Kier alpha value is -2.15. The Balaban J connectivity index is 3.18. The molecule has 0 bridgehead atoms. The first-order valence-electron chi connectivity index (χ1n) is 5.77. The number of nitrogens with zero attached hydrogens (tertiary/aromatic N) is 1. The number of rotatable bonds is 4. The van der Waals surface area contributed by atoms with Crippen molar-refractivity contribution in [3.63, 3.8) is 0 Å². The second-order valence-electron chi connectivity index (χ2n) is 4.25. The Morgan fingerprint density at radius 2 is 2.00 bits per heavy atom. The highest BCUT2D eigenvalue weighted by atomic mass is 79.9. The Kier molecular flexibility index (Phi) is 5.26. The van der Waals surface area contributed by atoms with Crippen molar-refractivity contribution in [1.82, 2.24) is 9.88 Å². The molecular weight excluding hydrogens is 343 g/mol. The van der Waals surface area contributed by atoms with E-state index >= 15 is 0 Å². The SMILES string of the molecule is C=C(Br)/C=C\C(=C)NC(=O)c1c(O)c(F)c(C)n(C)c1=O. The van der Waals surface area contributed by atoms with Crippen LogP contribution >= 0.6 is 15.9 Å². The van der Waals surface area contributed by atoms with Crippen LogP contribution in [0.25, 0.3) is 0 Å². The summed E-state index contributed by atoms with van der Waals surface area (Å²) in [6.07, 6.45) is 2.96. The number of hydrogen-bond donors (Lipinski definition) is 2. The number of amides is 1. The Morgan fingerprint density at radius 1 is 1.43 bits per heavy atom. The smallest absolute Gasteiger partial charge is 0.267 e. The second-order valence-corrected chi connectivity index (χ2v) is 5.27. The van der Waals surface area contributed by atoms with Gasteiger partial charge in [0.2, 0.25) is 0 Å². The molecule has 1 amide bonds. The molecule has 112 valence electrons. The van der Waals surface area contributed by atoms with E-state index in [4.69, 9.17) is 0 Å². The van der Waals surface area contributed by atoms with Crippen LogP contribution in [0.3, 0.4) is 0 Å². The molecule has 0 aromatic carbocycles. The summed E-state index contributed by atoms with van der Waals surface area (Å²) in [6, 6.07) is 0. The molecule has 0 aliphatic carbocycles. The van der Waals surface area contributed by atoms with Crippen LogP contribution in [0.4, 0.5) is 4.39 Å². The molecule has 1 aromatic heterocycles. The lowest BCUT2D eigenvalue weighted by Gasteiger charge is -2.11. The van der Waals surface area contributed by atoms with Gasteiger partial charge in [-0.2, -0.15) is 0 Å². The summed E-state index contributed by atoms with van der Waals surface area (Å²) in [5.41, 5.74) is -1.38. The summed E-state index contributed by atoms with van der Waals surface area (Å²) in [6.45, 7) is 8.43. The molecule has 0 atom stereocenters. The van der Waals surface area contributed by atoms with Gasteiger partial charge in [0.25, 0.3) is 11.5 Å². The van der Waals surface area contributed by atoms with Crippen LogP contribution < -0.4 is 10.9 Å². The van der Waals surface area contributed by atoms with E-state index < -0.39 is 28.6 Å². The van der Waals surface area contributed by atoms with Gasteiger partial charge in [0, 0.05) is 17.2 Å². The molecule has 0 aliphatic heterocycles. The number of allylic oxidation sites excluding steroid dienone is 3. The number of aromatic nitrogens is 1. The van der Waals surface area contributed by atoms with Crippen molar-refractivity contribution >= 4 is 21.8 Å². The highest BCUT2D eigenvalue weighted by molar-refractivity contribution is 9.11. The Labute approximate surface area is 129 Å². The van der Waals surface area contributed by atoms with Gasteiger partial charge in [-0.05, 0) is 19.1 Å². The van der Waals surface area contributed by atoms with Crippen molar-refractivity contribution in [3.05, 3.63) is 62.9 Å². The largest absolute Gasteiger partial charge is 0.504 e. The zero-order valence-corrected chi connectivity index (χ0v) is 13.1. The molecule has 0 saturated carbocycles. The summed E-state index contributed by atoms with van der Waals surface area (Å²) in [5.74, 6) is -2.94. The third-order valence-corrected chi connectivity index (χ3v) is 3.01. The van der Waals surface area contributed by atoms with E-state index in [0.29, 0.717) is 4.48 Å². The van der Waals surface area contributed by atoms with Crippen LogP contribution in [0.1, 0.15) is 16.1 Å².